The zero-order valence-corrected chi connectivity index (χ0v) is 26.9. The van der Waals surface area contributed by atoms with Gasteiger partial charge in [-0.05, 0) is 128 Å². The van der Waals surface area contributed by atoms with E-state index in [0.717, 1.165) is 38.5 Å². The Bertz CT molecular complexity index is 1030. The molecule has 0 radical (unpaired) electrons. The third kappa shape index (κ3) is 6.89. The summed E-state index contributed by atoms with van der Waals surface area (Å²) in [6.45, 7) is -2.53. The summed E-state index contributed by atoms with van der Waals surface area (Å²) >= 11 is 2.21. The molecule has 0 atom stereocenters. The van der Waals surface area contributed by atoms with E-state index in [1.54, 1.807) is 0 Å². The van der Waals surface area contributed by atoms with Crippen LogP contribution in [-0.4, -0.2) is 48.2 Å². The Morgan fingerprint density at radius 1 is 0.700 bits per heavy atom. The molecule has 0 heterocycles. The van der Waals surface area contributed by atoms with E-state index in [0.29, 0.717) is 54.8 Å². The summed E-state index contributed by atoms with van der Waals surface area (Å²) in [6, 6.07) is 0. The first-order valence-corrected chi connectivity index (χ1v) is 15.9. The molecule has 0 N–H and O–H groups in total. The quantitative estimate of drug-likeness (QED) is 0.135. The Balaban J connectivity index is 0.000000182. The van der Waals surface area contributed by atoms with E-state index in [2.05, 4.69) is 20.7 Å². The molecule has 222 valence electrons. The van der Waals surface area contributed by atoms with Crippen molar-refractivity contribution in [3.8, 4) is 0 Å². The number of carbonyl (C=O) groups is 2. The van der Waals surface area contributed by atoms with Crippen LogP contribution in [0, 0.1) is 46.3 Å². The van der Waals surface area contributed by atoms with Crippen LogP contribution in [0.3, 0.4) is 0 Å². The van der Waals surface area contributed by atoms with E-state index in [4.69, 9.17) is 4.74 Å². The summed E-state index contributed by atoms with van der Waals surface area (Å²) in [4.78, 5) is 21.3. The molecule has 40 heavy (non-hydrogen) atoms. The van der Waals surface area contributed by atoms with Crippen LogP contribution < -0.4 is 29.6 Å². The first-order chi connectivity index (χ1) is 18.0. The van der Waals surface area contributed by atoms with E-state index >= 15 is 0 Å². The summed E-state index contributed by atoms with van der Waals surface area (Å²) in [7, 11) is -5.81. The summed E-state index contributed by atoms with van der Waals surface area (Å²) in [5, 5.41) is -4.56. The Kier molecular flexibility index (Phi) is 9.49. The fourth-order valence-corrected chi connectivity index (χ4v) is 9.71. The van der Waals surface area contributed by atoms with Crippen molar-refractivity contribution >= 4 is 38.0 Å². The minimum absolute atomic E-state index is 0. The molecule has 0 aromatic carbocycles. The van der Waals surface area contributed by atoms with Gasteiger partial charge in [-0.3, -0.25) is 9.59 Å². The standard InChI is InChI=1S/C13H17BrF2O2.C13H18F2O5S.Na/c14-13(15,16)7-18-11(17)12-4-8-1-9(5-12)3-10(2-8)6-12;14-13(15,21(17,18)19)7-20-11(16)12-4-8-1-9(5-12)3-10(2-8)6-12;/h8-10H,1-7H2;8-10H,1-7H2,(H,17,18,19);/q;;+1/p-1. The minimum Gasteiger partial charge on any atom is -0.743 e. The second kappa shape index (κ2) is 11.5. The maximum atomic E-state index is 13.1. The molecule has 0 aromatic rings. The number of hydrogen-bond acceptors (Lipinski definition) is 7. The van der Waals surface area contributed by atoms with Crippen LogP contribution in [0.2, 0.25) is 0 Å². The Labute approximate surface area is 262 Å². The molecule has 14 heteroatoms. The molecule has 0 unspecified atom stereocenters. The van der Waals surface area contributed by atoms with E-state index in [1.807, 2.05) is 0 Å². The summed E-state index contributed by atoms with van der Waals surface area (Å²) < 4.78 is 92.2. The van der Waals surface area contributed by atoms with Crippen molar-refractivity contribution in [1.29, 1.82) is 0 Å². The summed E-state index contributed by atoms with van der Waals surface area (Å²) in [5.41, 5.74) is -1.18. The number of carbonyl (C=O) groups excluding carboxylic acids is 2. The monoisotopic (exact) mass is 668 g/mol. The second-order valence-electron chi connectivity index (χ2n) is 13.3. The largest absolute Gasteiger partial charge is 1.00 e. The van der Waals surface area contributed by atoms with Crippen molar-refractivity contribution in [1.82, 2.24) is 0 Å². The molecular formula is C26H34BrF4NaO7S. The first kappa shape index (κ1) is 33.0. The van der Waals surface area contributed by atoms with Crippen LogP contribution in [0.5, 0.6) is 0 Å². The van der Waals surface area contributed by atoms with Crippen LogP contribution in [-0.2, 0) is 29.2 Å². The zero-order valence-electron chi connectivity index (χ0n) is 22.5. The smallest absolute Gasteiger partial charge is 0.743 e. The topological polar surface area (TPSA) is 110 Å². The average molecular weight is 670 g/mol. The van der Waals surface area contributed by atoms with Crippen LogP contribution in [0.25, 0.3) is 0 Å². The number of halogens is 5. The van der Waals surface area contributed by atoms with Gasteiger partial charge in [-0.2, -0.15) is 17.6 Å². The zero-order chi connectivity index (χ0) is 28.4. The van der Waals surface area contributed by atoms with Gasteiger partial charge in [-0.1, -0.05) is 0 Å². The second-order valence-corrected chi connectivity index (χ2v) is 15.9. The molecule has 0 aliphatic heterocycles. The average Bonchev–Trinajstić information content (AvgIpc) is 2.78. The first-order valence-electron chi connectivity index (χ1n) is 13.7. The van der Waals surface area contributed by atoms with Crippen LogP contribution in [0.4, 0.5) is 17.6 Å². The van der Waals surface area contributed by atoms with Crippen molar-refractivity contribution < 1.29 is 79.2 Å². The third-order valence-corrected chi connectivity index (χ3v) is 11.1. The summed E-state index contributed by atoms with van der Waals surface area (Å²) in [6.07, 6.45) is 11.4. The fraction of sp³-hybridized carbons (Fsp3) is 0.923. The van der Waals surface area contributed by atoms with Crippen molar-refractivity contribution in [2.24, 2.45) is 46.3 Å². The molecule has 0 spiro atoms. The van der Waals surface area contributed by atoms with E-state index < -0.39 is 50.2 Å². The van der Waals surface area contributed by atoms with Crippen LogP contribution in [0.1, 0.15) is 77.0 Å². The normalized spacial score (nSPS) is 39.1. The molecule has 0 aromatic heterocycles. The van der Waals surface area contributed by atoms with Gasteiger partial charge in [0.05, 0.1) is 10.8 Å². The molecular weight excluding hydrogens is 635 g/mol. The van der Waals surface area contributed by atoms with Gasteiger partial charge in [0, 0.05) is 0 Å². The Morgan fingerprint density at radius 3 is 1.23 bits per heavy atom. The van der Waals surface area contributed by atoms with Crippen molar-refractivity contribution in [2.45, 2.75) is 87.1 Å². The third-order valence-electron chi connectivity index (χ3n) is 10.0. The van der Waals surface area contributed by atoms with Gasteiger partial charge in [0.2, 0.25) is 0 Å². The predicted molar refractivity (Wildman–Crippen MR) is 132 cm³/mol. The summed E-state index contributed by atoms with van der Waals surface area (Å²) in [5.74, 6) is 2.02. The van der Waals surface area contributed by atoms with Crippen molar-refractivity contribution in [3.05, 3.63) is 0 Å². The van der Waals surface area contributed by atoms with Crippen LogP contribution >= 0.6 is 15.9 Å². The molecule has 0 amide bonds. The van der Waals surface area contributed by atoms with Gasteiger partial charge >= 0.3 is 51.6 Å². The van der Waals surface area contributed by atoms with Crippen molar-refractivity contribution in [2.75, 3.05) is 13.2 Å². The van der Waals surface area contributed by atoms with Gasteiger partial charge in [0.25, 0.3) is 0 Å². The molecule has 7 nitrogen and oxygen atoms in total. The molecule has 8 saturated carbocycles. The maximum Gasteiger partial charge on any atom is 1.00 e. The van der Waals surface area contributed by atoms with Gasteiger partial charge in [-0.15, -0.1) is 0 Å². The number of esters is 2. The van der Waals surface area contributed by atoms with Gasteiger partial charge in [-0.25, -0.2) is 8.42 Å². The van der Waals surface area contributed by atoms with E-state index in [1.165, 1.54) is 19.3 Å². The molecule has 8 bridgehead atoms. The SMILES string of the molecule is O=C(OCC(F)(F)Br)C12CC3CC(CC(C3)C1)C2.O=C(OCC(F)(F)S(=O)(=O)[O-])C12CC3CC(CC(C3)C1)C2.[Na+]. The van der Waals surface area contributed by atoms with E-state index in [-0.39, 0.29) is 35.5 Å². The van der Waals surface area contributed by atoms with Crippen molar-refractivity contribution in [3.63, 3.8) is 0 Å². The van der Waals surface area contributed by atoms with Gasteiger partial charge in [0.15, 0.2) is 23.3 Å². The molecule has 0 saturated heterocycles. The predicted octanol–water partition coefficient (Wildman–Crippen LogP) is 2.62. The Morgan fingerprint density at radius 2 is 0.975 bits per heavy atom. The minimum atomic E-state index is -5.81. The van der Waals surface area contributed by atoms with Crippen LogP contribution in [0.15, 0.2) is 0 Å². The van der Waals surface area contributed by atoms with Gasteiger partial charge in [0.1, 0.15) is 0 Å². The molecule has 8 fully saturated rings. The molecule has 8 aliphatic carbocycles. The number of hydrogen-bond donors (Lipinski definition) is 0. The number of alkyl halides is 5. The van der Waals surface area contributed by atoms with Gasteiger partial charge < -0.3 is 14.0 Å². The number of rotatable bonds is 7. The Hall–Kier alpha value is 0.0500. The maximum absolute atomic E-state index is 13.1. The molecule has 8 aliphatic rings. The number of ether oxygens (including phenoxy) is 2. The van der Waals surface area contributed by atoms with E-state index in [9.17, 15) is 40.1 Å². The fourth-order valence-electron chi connectivity index (χ4n) is 9.40. The molecule has 8 rings (SSSR count).